The van der Waals surface area contributed by atoms with Gasteiger partial charge >= 0.3 is 0 Å². The molecule has 3 nitrogen and oxygen atoms in total. The molecule has 4 rings (SSSR count). The molecule has 0 spiro atoms. The smallest absolute Gasteiger partial charge is 0.0546 e. The molecule has 0 amide bonds. The Balaban J connectivity index is 1.42. The van der Waals surface area contributed by atoms with E-state index < -0.39 is 0 Å². The highest BCUT2D eigenvalue weighted by Gasteiger charge is 2.40. The molecule has 1 unspecified atom stereocenters. The summed E-state index contributed by atoms with van der Waals surface area (Å²) in [6.07, 6.45) is 4.70. The molecular weight excluding hydrogens is 320 g/mol. The molecule has 2 aliphatic heterocycles. The van der Waals surface area contributed by atoms with Crippen molar-refractivity contribution in [1.29, 1.82) is 0 Å². The Morgan fingerprint density at radius 1 is 0.885 bits per heavy atom. The van der Waals surface area contributed by atoms with Crippen molar-refractivity contribution in [2.45, 2.75) is 65.6 Å². The summed E-state index contributed by atoms with van der Waals surface area (Å²) in [5.41, 5.74) is 5.92. The van der Waals surface area contributed by atoms with E-state index in [4.69, 9.17) is 0 Å². The number of hydrogen-bond acceptors (Lipinski definition) is 3. The fraction of sp³-hybridized carbons (Fsp3) is 0.739. The van der Waals surface area contributed by atoms with Crippen molar-refractivity contribution in [3.63, 3.8) is 0 Å². The van der Waals surface area contributed by atoms with Crippen LogP contribution in [0.3, 0.4) is 0 Å². The van der Waals surface area contributed by atoms with E-state index in [-0.39, 0.29) is 6.10 Å². The van der Waals surface area contributed by atoms with E-state index >= 15 is 0 Å². The lowest BCUT2D eigenvalue weighted by molar-refractivity contribution is 0.161. The molecule has 3 fully saturated rings. The topological polar surface area (TPSA) is 26.7 Å². The van der Waals surface area contributed by atoms with Crippen molar-refractivity contribution in [3.05, 3.63) is 34.4 Å². The predicted molar refractivity (Wildman–Crippen MR) is 107 cm³/mol. The number of fused-ring (bicyclic) bond motifs is 1. The van der Waals surface area contributed by atoms with Crippen molar-refractivity contribution in [1.82, 2.24) is 9.80 Å². The molecule has 0 radical (unpaired) electrons. The first kappa shape index (κ1) is 18.5. The second kappa shape index (κ2) is 7.61. The molecule has 3 heteroatoms. The highest BCUT2D eigenvalue weighted by Crippen LogP contribution is 2.38. The minimum atomic E-state index is -0.0351. The van der Waals surface area contributed by atoms with Crippen molar-refractivity contribution >= 4 is 0 Å². The Labute approximate surface area is 159 Å². The van der Waals surface area contributed by atoms with E-state index in [1.165, 1.54) is 61.3 Å². The van der Waals surface area contributed by atoms with Gasteiger partial charge in [-0.2, -0.15) is 0 Å². The molecule has 144 valence electrons. The molecule has 3 aliphatic rings. The zero-order valence-electron chi connectivity index (χ0n) is 16.9. The number of benzene rings is 1. The van der Waals surface area contributed by atoms with Gasteiger partial charge in [-0.15, -0.1) is 0 Å². The Bertz CT molecular complexity index is 621. The number of rotatable bonds is 4. The van der Waals surface area contributed by atoms with Crippen molar-refractivity contribution in [2.75, 3.05) is 26.2 Å². The minimum absolute atomic E-state index is 0.0351. The average Bonchev–Trinajstić information content (AvgIpc) is 3.10. The van der Waals surface area contributed by atoms with E-state index in [0.29, 0.717) is 0 Å². The quantitative estimate of drug-likeness (QED) is 0.890. The second-order valence-electron chi connectivity index (χ2n) is 9.50. The van der Waals surface area contributed by atoms with Gasteiger partial charge in [0.25, 0.3) is 0 Å². The molecule has 3 atom stereocenters. The maximum Gasteiger partial charge on any atom is 0.0546 e. The molecule has 2 saturated heterocycles. The number of aliphatic hydroxyl groups is 1. The van der Waals surface area contributed by atoms with Gasteiger partial charge < -0.3 is 5.11 Å². The van der Waals surface area contributed by atoms with Gasteiger partial charge in [0.05, 0.1) is 6.10 Å². The van der Waals surface area contributed by atoms with Crippen LogP contribution in [-0.4, -0.2) is 47.2 Å². The van der Waals surface area contributed by atoms with Gasteiger partial charge in [-0.25, -0.2) is 0 Å². The summed E-state index contributed by atoms with van der Waals surface area (Å²) < 4.78 is 0. The maximum atomic E-state index is 9.87. The van der Waals surface area contributed by atoms with E-state index in [2.05, 4.69) is 42.7 Å². The summed E-state index contributed by atoms with van der Waals surface area (Å²) >= 11 is 0. The number of piperidine rings is 1. The van der Waals surface area contributed by atoms with Crippen LogP contribution in [0.25, 0.3) is 0 Å². The van der Waals surface area contributed by atoms with Crippen LogP contribution in [0.1, 0.15) is 54.9 Å². The van der Waals surface area contributed by atoms with Crippen LogP contribution in [-0.2, 0) is 13.1 Å². The number of likely N-dealkylation sites (tertiary alicyclic amines) is 2. The molecule has 1 aliphatic carbocycles. The zero-order valence-corrected chi connectivity index (χ0v) is 16.9. The first-order chi connectivity index (χ1) is 12.5. The summed E-state index contributed by atoms with van der Waals surface area (Å²) in [6.45, 7) is 14.0. The van der Waals surface area contributed by atoms with Gasteiger partial charge in [0, 0.05) is 26.2 Å². The number of aliphatic hydroxyl groups excluding tert-OH is 1. The first-order valence-electron chi connectivity index (χ1n) is 10.7. The SMILES string of the molecule is Cc1cc(C)c(CN2C[C@H]3CC(O)C[C@H]3C2)cc1CN1CCC(C)CC1. The van der Waals surface area contributed by atoms with Gasteiger partial charge in [0.1, 0.15) is 0 Å². The third-order valence-electron chi connectivity index (χ3n) is 7.26. The van der Waals surface area contributed by atoms with E-state index in [9.17, 15) is 5.11 Å². The van der Waals surface area contributed by atoms with Crippen molar-refractivity contribution < 1.29 is 5.11 Å². The van der Waals surface area contributed by atoms with Crippen molar-refractivity contribution in [3.8, 4) is 0 Å². The fourth-order valence-corrected chi connectivity index (χ4v) is 5.49. The van der Waals surface area contributed by atoms with Crippen molar-refractivity contribution in [2.24, 2.45) is 17.8 Å². The summed E-state index contributed by atoms with van der Waals surface area (Å²) in [5.74, 6) is 2.35. The zero-order chi connectivity index (χ0) is 18.3. The highest BCUT2D eigenvalue weighted by atomic mass is 16.3. The molecule has 0 aromatic heterocycles. The Morgan fingerprint density at radius 3 is 2.00 bits per heavy atom. The lowest BCUT2D eigenvalue weighted by Crippen LogP contribution is -2.32. The summed E-state index contributed by atoms with van der Waals surface area (Å²) in [5, 5.41) is 9.87. The molecular formula is C23H36N2O. The number of hydrogen-bond donors (Lipinski definition) is 1. The summed E-state index contributed by atoms with van der Waals surface area (Å²) in [7, 11) is 0. The van der Waals surface area contributed by atoms with Crippen LogP contribution in [0.2, 0.25) is 0 Å². The normalized spacial score (nSPS) is 30.8. The van der Waals surface area contributed by atoms with Crippen LogP contribution in [0.5, 0.6) is 0 Å². The van der Waals surface area contributed by atoms with Gasteiger partial charge in [0.15, 0.2) is 0 Å². The van der Waals surface area contributed by atoms with Gasteiger partial charge in [-0.05, 0) is 92.6 Å². The van der Waals surface area contributed by atoms with Gasteiger partial charge in [-0.3, -0.25) is 9.80 Å². The van der Waals surface area contributed by atoms with Gasteiger partial charge in [0.2, 0.25) is 0 Å². The van der Waals surface area contributed by atoms with Gasteiger partial charge in [-0.1, -0.05) is 19.1 Å². The van der Waals surface area contributed by atoms with Crippen LogP contribution < -0.4 is 0 Å². The first-order valence-corrected chi connectivity index (χ1v) is 10.7. The minimum Gasteiger partial charge on any atom is -0.393 e. The Hall–Kier alpha value is -0.900. The Morgan fingerprint density at radius 2 is 1.42 bits per heavy atom. The second-order valence-corrected chi connectivity index (χ2v) is 9.50. The molecule has 2 heterocycles. The highest BCUT2D eigenvalue weighted by molar-refractivity contribution is 5.37. The van der Waals surface area contributed by atoms with E-state index in [0.717, 1.165) is 43.7 Å². The van der Waals surface area contributed by atoms with Crippen LogP contribution in [0.4, 0.5) is 0 Å². The van der Waals surface area contributed by atoms with E-state index in [1.54, 1.807) is 0 Å². The molecule has 1 aromatic carbocycles. The molecule has 1 aromatic rings. The largest absolute Gasteiger partial charge is 0.393 e. The summed E-state index contributed by atoms with van der Waals surface area (Å²) in [4.78, 5) is 5.27. The Kier molecular flexibility index (Phi) is 5.41. The van der Waals surface area contributed by atoms with Crippen LogP contribution in [0, 0.1) is 31.6 Å². The summed E-state index contributed by atoms with van der Waals surface area (Å²) in [6, 6.07) is 4.89. The molecule has 1 N–H and O–H groups in total. The molecule has 0 bridgehead atoms. The maximum absolute atomic E-state index is 9.87. The number of nitrogens with zero attached hydrogens (tertiary/aromatic N) is 2. The van der Waals surface area contributed by atoms with E-state index in [1.807, 2.05) is 0 Å². The standard InChI is InChI=1S/C23H36N2O/c1-16-4-6-24(7-5-16)12-19-9-20(18(3)8-17(19)2)13-25-14-21-10-23(26)11-22(21)15-25/h8-9,16,21-23,26H,4-7,10-15H2,1-3H3/t21-,22+,23?. The van der Waals surface area contributed by atoms with Crippen LogP contribution >= 0.6 is 0 Å². The fourth-order valence-electron chi connectivity index (χ4n) is 5.49. The third-order valence-corrected chi connectivity index (χ3v) is 7.26. The average molecular weight is 357 g/mol. The number of aryl methyl sites for hydroxylation is 2. The lowest BCUT2D eigenvalue weighted by Gasteiger charge is -2.31. The molecule has 26 heavy (non-hydrogen) atoms. The monoisotopic (exact) mass is 356 g/mol. The lowest BCUT2D eigenvalue weighted by atomic mass is 9.96. The molecule has 1 saturated carbocycles. The third kappa shape index (κ3) is 4.00. The van der Waals surface area contributed by atoms with Crippen LogP contribution in [0.15, 0.2) is 12.1 Å². The predicted octanol–water partition coefficient (Wildman–Crippen LogP) is 3.74.